The summed E-state index contributed by atoms with van der Waals surface area (Å²) in [5, 5.41) is 0.838. The van der Waals surface area contributed by atoms with Gasteiger partial charge in [0.2, 0.25) is 0 Å². The highest BCUT2D eigenvalue weighted by atomic mass is 32.2. The zero-order chi connectivity index (χ0) is 22.6. The van der Waals surface area contributed by atoms with Crippen LogP contribution in [0.15, 0.2) is 47.4 Å². The molecule has 32 heavy (non-hydrogen) atoms. The summed E-state index contributed by atoms with van der Waals surface area (Å²) in [5.41, 5.74) is 3.32. The highest BCUT2D eigenvalue weighted by molar-refractivity contribution is 7.90. The Morgan fingerprint density at radius 1 is 1.12 bits per heavy atom. The Balaban J connectivity index is 1.80. The monoisotopic (exact) mass is 452 g/mol. The molecular weight excluding hydrogens is 424 g/mol. The van der Waals surface area contributed by atoms with Gasteiger partial charge in [-0.15, -0.1) is 0 Å². The minimum atomic E-state index is -3.87. The molecule has 2 aliphatic rings. The molecule has 2 aromatic carbocycles. The molecule has 2 aliphatic heterocycles. The lowest BCUT2D eigenvalue weighted by atomic mass is 9.84. The van der Waals surface area contributed by atoms with E-state index in [0.29, 0.717) is 24.2 Å². The number of nitrogens with zero attached hydrogens (tertiary/aromatic N) is 2. The van der Waals surface area contributed by atoms with Crippen molar-refractivity contribution in [3.63, 3.8) is 0 Å². The van der Waals surface area contributed by atoms with E-state index >= 15 is 0 Å². The Kier molecular flexibility index (Phi) is 5.13. The maximum Gasteiger partial charge on any atom is 0.268 e. The molecule has 0 bridgehead atoms. The molecule has 1 saturated heterocycles. The van der Waals surface area contributed by atoms with Gasteiger partial charge in [0.1, 0.15) is 11.5 Å². The van der Waals surface area contributed by atoms with E-state index in [1.807, 2.05) is 44.2 Å². The van der Waals surface area contributed by atoms with Crippen LogP contribution in [0.5, 0.6) is 5.75 Å². The van der Waals surface area contributed by atoms with Gasteiger partial charge in [-0.1, -0.05) is 30.7 Å². The van der Waals surface area contributed by atoms with Gasteiger partial charge >= 0.3 is 0 Å². The number of hydrogen-bond acceptors (Lipinski definition) is 5. The fraction of sp³-hybridized carbons (Fsp3) is 0.400. The number of aryl methyl sites for hydroxylation is 1. The number of rotatable bonds is 4. The van der Waals surface area contributed by atoms with E-state index < -0.39 is 10.0 Å². The molecule has 2 atom stereocenters. The Bertz CT molecular complexity index is 1310. The zero-order valence-electron chi connectivity index (χ0n) is 18.7. The fourth-order valence-corrected chi connectivity index (χ4v) is 6.93. The van der Waals surface area contributed by atoms with Gasteiger partial charge in [0.15, 0.2) is 0 Å². The fourth-order valence-electron chi connectivity index (χ4n) is 5.33. The van der Waals surface area contributed by atoms with E-state index in [1.165, 1.54) is 3.97 Å². The standard InChI is InChI=1S/C25H28N2O4S/c1-4-17-15-26-13-12-19-24-20(6-5-7-23(24)31-3)27(25(19)21(26)14-22(17)28)32(29,30)18-10-8-16(2)9-11-18/h5-11,17,21H,4,12-15H2,1-3H3/t17-,21-/m0/s1. The van der Waals surface area contributed by atoms with Crippen LogP contribution in [0.1, 0.15) is 42.6 Å². The van der Waals surface area contributed by atoms with E-state index in [0.717, 1.165) is 41.6 Å². The van der Waals surface area contributed by atoms with Gasteiger partial charge in [-0.2, -0.15) is 0 Å². The first kappa shape index (κ1) is 21.2. The predicted octanol–water partition coefficient (Wildman–Crippen LogP) is 4.09. The number of hydrogen-bond donors (Lipinski definition) is 0. The van der Waals surface area contributed by atoms with Crippen LogP contribution in [0.3, 0.4) is 0 Å². The van der Waals surface area contributed by atoms with Crippen LogP contribution >= 0.6 is 0 Å². The second-order valence-electron chi connectivity index (χ2n) is 8.84. The number of carbonyl (C=O) groups excluding carboxylic acids is 1. The second kappa shape index (κ2) is 7.74. The largest absolute Gasteiger partial charge is 0.496 e. The van der Waals surface area contributed by atoms with E-state index in [2.05, 4.69) is 4.90 Å². The number of piperidine rings is 1. The Morgan fingerprint density at radius 2 is 1.88 bits per heavy atom. The van der Waals surface area contributed by atoms with Gasteiger partial charge in [0.25, 0.3) is 10.0 Å². The van der Waals surface area contributed by atoms with E-state index in [-0.39, 0.29) is 22.6 Å². The van der Waals surface area contributed by atoms with Gasteiger partial charge in [0, 0.05) is 30.8 Å². The van der Waals surface area contributed by atoms with E-state index in [4.69, 9.17) is 4.74 Å². The molecule has 0 aliphatic carbocycles. The number of methoxy groups -OCH3 is 1. The van der Waals surface area contributed by atoms with Crippen molar-refractivity contribution in [1.29, 1.82) is 0 Å². The van der Waals surface area contributed by atoms with E-state index in [9.17, 15) is 13.2 Å². The Morgan fingerprint density at radius 3 is 2.56 bits per heavy atom. The second-order valence-corrected chi connectivity index (χ2v) is 10.6. The third kappa shape index (κ3) is 3.10. The maximum absolute atomic E-state index is 14.0. The van der Waals surface area contributed by atoms with E-state index in [1.54, 1.807) is 19.2 Å². The number of Topliss-reactive ketones (excluding diaryl/α,β-unsaturated/α-hetero) is 1. The smallest absolute Gasteiger partial charge is 0.268 e. The average Bonchev–Trinajstić information content (AvgIpc) is 3.14. The molecule has 0 spiro atoms. The summed E-state index contributed by atoms with van der Waals surface area (Å²) in [5.74, 6) is 0.908. The third-order valence-electron chi connectivity index (χ3n) is 7.03. The molecular formula is C25H28N2O4S. The number of carbonyl (C=O) groups is 1. The van der Waals surface area contributed by atoms with Crippen LogP contribution in [0.25, 0.3) is 10.9 Å². The number of ketones is 1. The van der Waals surface area contributed by atoms with Gasteiger partial charge < -0.3 is 4.74 Å². The quantitative estimate of drug-likeness (QED) is 0.596. The molecule has 0 amide bonds. The SMILES string of the molecule is CC[C@H]1CN2CCc3c(n(S(=O)(=O)c4ccc(C)cc4)c4cccc(OC)c34)[C@@H]2CC1=O. The lowest BCUT2D eigenvalue weighted by Crippen LogP contribution is -2.47. The summed E-state index contributed by atoms with van der Waals surface area (Å²) in [6.07, 6.45) is 1.88. The Labute approximate surface area is 188 Å². The molecule has 7 heteroatoms. The summed E-state index contributed by atoms with van der Waals surface area (Å²) in [4.78, 5) is 15.4. The van der Waals surface area contributed by atoms with Crippen molar-refractivity contribution >= 4 is 26.7 Å². The molecule has 0 saturated carbocycles. The molecule has 1 aromatic heterocycles. The van der Waals surface area contributed by atoms with Gasteiger partial charge in [-0.05, 0) is 49.6 Å². The van der Waals surface area contributed by atoms with Crippen molar-refractivity contribution in [3.05, 3.63) is 59.3 Å². The summed E-state index contributed by atoms with van der Waals surface area (Å²) in [7, 11) is -2.26. The van der Waals surface area contributed by atoms with Crippen LogP contribution in [-0.4, -0.2) is 43.3 Å². The van der Waals surface area contributed by atoms with Crippen molar-refractivity contribution in [1.82, 2.24) is 8.87 Å². The minimum absolute atomic E-state index is 0.0221. The first-order chi connectivity index (χ1) is 15.4. The highest BCUT2D eigenvalue weighted by Crippen LogP contribution is 2.45. The van der Waals surface area contributed by atoms with Crippen LogP contribution in [0.4, 0.5) is 0 Å². The lowest BCUT2D eigenvalue weighted by molar-refractivity contribution is -0.129. The van der Waals surface area contributed by atoms with Crippen molar-refractivity contribution in [2.24, 2.45) is 5.92 Å². The summed E-state index contributed by atoms with van der Waals surface area (Å²) >= 11 is 0. The molecule has 6 nitrogen and oxygen atoms in total. The third-order valence-corrected chi connectivity index (χ3v) is 8.78. The van der Waals surface area contributed by atoms with Crippen LogP contribution in [0.2, 0.25) is 0 Å². The van der Waals surface area contributed by atoms with Crippen molar-refractivity contribution in [3.8, 4) is 5.75 Å². The molecule has 168 valence electrons. The van der Waals surface area contributed by atoms with Crippen LogP contribution in [-0.2, 0) is 21.2 Å². The first-order valence-corrected chi connectivity index (χ1v) is 12.6. The Hall–Kier alpha value is -2.64. The zero-order valence-corrected chi connectivity index (χ0v) is 19.5. The molecule has 3 heterocycles. The van der Waals surface area contributed by atoms with Crippen LogP contribution in [0, 0.1) is 12.8 Å². The number of benzene rings is 2. The molecule has 3 aromatic rings. The highest BCUT2D eigenvalue weighted by Gasteiger charge is 2.42. The van der Waals surface area contributed by atoms with Crippen molar-refractivity contribution in [2.45, 2.75) is 44.0 Å². The van der Waals surface area contributed by atoms with Crippen molar-refractivity contribution in [2.75, 3.05) is 20.2 Å². The average molecular weight is 453 g/mol. The maximum atomic E-state index is 14.0. The van der Waals surface area contributed by atoms with Gasteiger partial charge in [-0.3, -0.25) is 9.69 Å². The molecule has 5 rings (SSSR count). The summed E-state index contributed by atoms with van der Waals surface area (Å²) in [6.45, 7) is 5.47. The predicted molar refractivity (Wildman–Crippen MR) is 124 cm³/mol. The number of fused-ring (bicyclic) bond motifs is 5. The van der Waals surface area contributed by atoms with Crippen molar-refractivity contribution < 1.29 is 17.9 Å². The molecule has 0 unspecified atom stereocenters. The normalized spacial score (nSPS) is 21.4. The van der Waals surface area contributed by atoms with Gasteiger partial charge in [0.05, 0.1) is 29.3 Å². The number of aromatic nitrogens is 1. The first-order valence-electron chi connectivity index (χ1n) is 11.2. The van der Waals surface area contributed by atoms with Gasteiger partial charge in [-0.25, -0.2) is 12.4 Å². The number of ether oxygens (including phenoxy) is 1. The summed E-state index contributed by atoms with van der Waals surface area (Å²) in [6, 6.07) is 12.2. The molecule has 0 N–H and O–H groups in total. The minimum Gasteiger partial charge on any atom is -0.496 e. The van der Waals surface area contributed by atoms with Crippen LogP contribution < -0.4 is 4.74 Å². The molecule has 1 fully saturated rings. The topological polar surface area (TPSA) is 68.6 Å². The molecule has 0 radical (unpaired) electrons. The lowest BCUT2D eigenvalue weighted by Gasteiger charge is -2.42. The summed E-state index contributed by atoms with van der Waals surface area (Å²) < 4.78 is 35.1.